The standard InChI is InChI=1S/C25H31N3O3.HI/c1-26-25(28-13-11-20(12-14-28)24(29)30-2)27-17-18-5-7-19(8-6-18)21-9-10-23-22(16-21)4-3-15-31-23;/h5-10,16,20H,3-4,11-15,17H2,1-2H3,(H,26,27);1H. The predicted molar refractivity (Wildman–Crippen MR) is 138 cm³/mol. The number of carbonyl (C=O) groups excluding carboxylic acids is 1. The molecule has 32 heavy (non-hydrogen) atoms. The summed E-state index contributed by atoms with van der Waals surface area (Å²) in [6, 6.07) is 15.1. The van der Waals surface area contributed by atoms with Gasteiger partial charge in [0.05, 0.1) is 19.6 Å². The lowest BCUT2D eigenvalue weighted by atomic mass is 9.97. The van der Waals surface area contributed by atoms with E-state index in [1.54, 1.807) is 7.05 Å². The lowest BCUT2D eigenvalue weighted by molar-refractivity contribution is -0.146. The number of hydrogen-bond acceptors (Lipinski definition) is 4. The molecule has 2 aliphatic rings. The van der Waals surface area contributed by atoms with E-state index in [2.05, 4.69) is 57.7 Å². The highest BCUT2D eigenvalue weighted by Gasteiger charge is 2.26. The van der Waals surface area contributed by atoms with Crippen molar-refractivity contribution in [3.63, 3.8) is 0 Å². The number of esters is 1. The van der Waals surface area contributed by atoms with Crippen LogP contribution in [0.25, 0.3) is 11.1 Å². The zero-order valence-corrected chi connectivity index (χ0v) is 21.1. The minimum atomic E-state index is -0.103. The number of benzene rings is 2. The van der Waals surface area contributed by atoms with E-state index in [9.17, 15) is 4.79 Å². The number of aliphatic imine (C=N–C) groups is 1. The molecule has 2 aromatic carbocycles. The van der Waals surface area contributed by atoms with Crippen LogP contribution in [-0.4, -0.2) is 50.7 Å². The molecule has 0 amide bonds. The number of halogens is 1. The Morgan fingerprint density at radius 3 is 2.56 bits per heavy atom. The number of piperidine rings is 1. The highest BCUT2D eigenvalue weighted by molar-refractivity contribution is 14.0. The molecule has 7 heteroatoms. The molecule has 4 rings (SSSR count). The summed E-state index contributed by atoms with van der Waals surface area (Å²) in [4.78, 5) is 18.4. The average molecular weight is 549 g/mol. The van der Waals surface area contributed by atoms with Gasteiger partial charge in [0, 0.05) is 26.7 Å². The van der Waals surface area contributed by atoms with Gasteiger partial charge in [0.1, 0.15) is 5.75 Å². The molecular formula is C25H32IN3O3. The van der Waals surface area contributed by atoms with Gasteiger partial charge >= 0.3 is 5.97 Å². The lowest BCUT2D eigenvalue weighted by Crippen LogP contribution is -2.46. The third-order valence-corrected chi connectivity index (χ3v) is 6.19. The Bertz CT molecular complexity index is 938. The summed E-state index contributed by atoms with van der Waals surface area (Å²) in [7, 11) is 3.26. The number of nitrogens with one attached hydrogen (secondary N) is 1. The largest absolute Gasteiger partial charge is 0.493 e. The molecule has 0 spiro atoms. The maximum atomic E-state index is 11.7. The monoisotopic (exact) mass is 549 g/mol. The number of methoxy groups -OCH3 is 1. The van der Waals surface area contributed by atoms with Gasteiger partial charge in [-0.25, -0.2) is 0 Å². The van der Waals surface area contributed by atoms with Gasteiger partial charge < -0.3 is 19.7 Å². The number of aryl methyl sites for hydroxylation is 1. The third-order valence-electron chi connectivity index (χ3n) is 6.19. The number of rotatable bonds is 4. The van der Waals surface area contributed by atoms with E-state index in [-0.39, 0.29) is 35.9 Å². The first-order valence-corrected chi connectivity index (χ1v) is 11.1. The van der Waals surface area contributed by atoms with Crippen molar-refractivity contribution in [2.24, 2.45) is 10.9 Å². The van der Waals surface area contributed by atoms with Crippen LogP contribution in [0.15, 0.2) is 47.5 Å². The Balaban J connectivity index is 0.00000289. The molecule has 172 valence electrons. The Hall–Kier alpha value is -2.29. The minimum Gasteiger partial charge on any atom is -0.493 e. The summed E-state index contributed by atoms with van der Waals surface area (Å²) in [5.74, 6) is 1.80. The topological polar surface area (TPSA) is 63.2 Å². The molecule has 0 saturated carbocycles. The van der Waals surface area contributed by atoms with E-state index in [4.69, 9.17) is 9.47 Å². The highest BCUT2D eigenvalue weighted by atomic mass is 127. The summed E-state index contributed by atoms with van der Waals surface area (Å²) in [6.07, 6.45) is 3.77. The first-order valence-electron chi connectivity index (χ1n) is 11.1. The second-order valence-corrected chi connectivity index (χ2v) is 8.16. The molecule has 2 heterocycles. The van der Waals surface area contributed by atoms with Crippen molar-refractivity contribution in [2.75, 3.05) is 33.9 Å². The molecule has 0 unspecified atom stereocenters. The molecule has 0 atom stereocenters. The van der Waals surface area contributed by atoms with Crippen LogP contribution in [-0.2, 0) is 22.5 Å². The molecular weight excluding hydrogens is 517 g/mol. The fourth-order valence-electron chi connectivity index (χ4n) is 4.36. The first kappa shape index (κ1) is 24.4. The summed E-state index contributed by atoms with van der Waals surface area (Å²) in [5.41, 5.74) is 4.95. The SMILES string of the molecule is CN=C(NCc1ccc(-c2ccc3c(c2)CCCO3)cc1)N1CCC(C(=O)OC)CC1.I. The summed E-state index contributed by atoms with van der Waals surface area (Å²) >= 11 is 0. The maximum absolute atomic E-state index is 11.7. The second kappa shape index (κ2) is 11.5. The number of fused-ring (bicyclic) bond motifs is 1. The molecule has 1 saturated heterocycles. The number of hydrogen-bond donors (Lipinski definition) is 1. The number of nitrogens with zero attached hydrogens (tertiary/aromatic N) is 2. The van der Waals surface area contributed by atoms with E-state index in [0.717, 1.165) is 57.1 Å². The number of guanidine groups is 1. The molecule has 0 bridgehead atoms. The van der Waals surface area contributed by atoms with Crippen molar-refractivity contribution in [3.05, 3.63) is 53.6 Å². The van der Waals surface area contributed by atoms with Crippen LogP contribution in [0.5, 0.6) is 5.75 Å². The molecule has 2 aromatic rings. The fourth-order valence-corrected chi connectivity index (χ4v) is 4.36. The van der Waals surface area contributed by atoms with Gasteiger partial charge in [-0.05, 0) is 60.1 Å². The highest BCUT2D eigenvalue weighted by Crippen LogP contribution is 2.30. The van der Waals surface area contributed by atoms with Gasteiger partial charge in [0.15, 0.2) is 5.96 Å². The Morgan fingerprint density at radius 2 is 1.88 bits per heavy atom. The van der Waals surface area contributed by atoms with Crippen LogP contribution in [0.2, 0.25) is 0 Å². The average Bonchev–Trinajstić information content (AvgIpc) is 2.84. The third kappa shape index (κ3) is 5.74. The van der Waals surface area contributed by atoms with Crippen molar-refractivity contribution in [2.45, 2.75) is 32.2 Å². The van der Waals surface area contributed by atoms with Crippen LogP contribution in [0.1, 0.15) is 30.4 Å². The van der Waals surface area contributed by atoms with E-state index < -0.39 is 0 Å². The quantitative estimate of drug-likeness (QED) is 0.268. The van der Waals surface area contributed by atoms with Gasteiger partial charge in [-0.2, -0.15) is 0 Å². The Morgan fingerprint density at radius 1 is 1.16 bits per heavy atom. The Kier molecular flexibility index (Phi) is 8.78. The predicted octanol–water partition coefficient (Wildman–Crippen LogP) is 4.26. The zero-order valence-electron chi connectivity index (χ0n) is 18.8. The van der Waals surface area contributed by atoms with Gasteiger partial charge in [-0.3, -0.25) is 9.79 Å². The molecule has 0 aromatic heterocycles. The van der Waals surface area contributed by atoms with Crippen LogP contribution < -0.4 is 10.1 Å². The lowest BCUT2D eigenvalue weighted by Gasteiger charge is -2.33. The van der Waals surface area contributed by atoms with Crippen molar-refractivity contribution in [1.29, 1.82) is 0 Å². The normalized spacial score (nSPS) is 16.4. The van der Waals surface area contributed by atoms with Gasteiger partial charge in [0.2, 0.25) is 0 Å². The van der Waals surface area contributed by atoms with E-state index in [0.29, 0.717) is 6.54 Å². The number of carbonyl (C=O) groups is 1. The van der Waals surface area contributed by atoms with Gasteiger partial charge in [-0.15, -0.1) is 24.0 Å². The first-order chi connectivity index (χ1) is 15.2. The Labute approximate surface area is 207 Å². The van der Waals surface area contributed by atoms with Crippen LogP contribution in [0.3, 0.4) is 0 Å². The molecule has 1 N–H and O–H groups in total. The molecule has 0 radical (unpaired) electrons. The second-order valence-electron chi connectivity index (χ2n) is 8.16. The molecule has 2 aliphatic heterocycles. The summed E-state index contributed by atoms with van der Waals surface area (Å²) < 4.78 is 10.6. The van der Waals surface area contributed by atoms with E-state index >= 15 is 0 Å². The van der Waals surface area contributed by atoms with Crippen molar-refractivity contribution >= 4 is 35.9 Å². The number of ether oxygens (including phenoxy) is 2. The van der Waals surface area contributed by atoms with E-state index in [1.807, 2.05) is 0 Å². The van der Waals surface area contributed by atoms with Crippen LogP contribution in [0.4, 0.5) is 0 Å². The molecule has 6 nitrogen and oxygen atoms in total. The number of likely N-dealkylation sites (tertiary alicyclic amines) is 1. The summed E-state index contributed by atoms with van der Waals surface area (Å²) in [5, 5.41) is 3.46. The van der Waals surface area contributed by atoms with Crippen molar-refractivity contribution < 1.29 is 14.3 Å². The van der Waals surface area contributed by atoms with Crippen molar-refractivity contribution in [3.8, 4) is 16.9 Å². The molecule has 0 aliphatic carbocycles. The fraction of sp³-hybridized carbons (Fsp3) is 0.440. The van der Waals surface area contributed by atoms with Gasteiger partial charge in [0.25, 0.3) is 0 Å². The van der Waals surface area contributed by atoms with Gasteiger partial charge in [-0.1, -0.05) is 30.3 Å². The van der Waals surface area contributed by atoms with Crippen LogP contribution >= 0.6 is 24.0 Å². The van der Waals surface area contributed by atoms with E-state index in [1.165, 1.54) is 29.4 Å². The zero-order chi connectivity index (χ0) is 21.6. The summed E-state index contributed by atoms with van der Waals surface area (Å²) in [6.45, 7) is 3.14. The smallest absolute Gasteiger partial charge is 0.308 e. The van der Waals surface area contributed by atoms with Crippen molar-refractivity contribution in [1.82, 2.24) is 10.2 Å². The molecule has 1 fully saturated rings. The minimum absolute atomic E-state index is 0. The van der Waals surface area contributed by atoms with Crippen LogP contribution in [0, 0.1) is 5.92 Å². The maximum Gasteiger partial charge on any atom is 0.308 e.